The van der Waals surface area contributed by atoms with Crippen molar-refractivity contribution in [1.82, 2.24) is 10.2 Å². The second-order valence-corrected chi connectivity index (χ2v) is 5.15. The van der Waals surface area contributed by atoms with Gasteiger partial charge in [0.15, 0.2) is 0 Å². The van der Waals surface area contributed by atoms with Crippen molar-refractivity contribution >= 4 is 11.8 Å². The molecule has 2 nitrogen and oxygen atoms in total. The first-order valence-electron chi connectivity index (χ1n) is 5.33. The molecule has 0 saturated carbocycles. The minimum absolute atomic E-state index is 0.456. The van der Waals surface area contributed by atoms with E-state index in [0.717, 1.165) is 6.54 Å². The first-order valence-corrected chi connectivity index (χ1v) is 6.49. The Kier molecular flexibility index (Phi) is 4.99. The van der Waals surface area contributed by atoms with Crippen molar-refractivity contribution in [2.24, 2.45) is 0 Å². The molecule has 0 aliphatic carbocycles. The van der Waals surface area contributed by atoms with Gasteiger partial charge in [-0.3, -0.25) is 4.90 Å². The van der Waals surface area contributed by atoms with Crippen LogP contribution >= 0.6 is 11.8 Å². The largest absolute Gasteiger partial charge is 0.309 e. The van der Waals surface area contributed by atoms with E-state index in [2.05, 4.69) is 49.5 Å². The predicted molar refractivity (Wildman–Crippen MR) is 66.0 cm³/mol. The molecule has 1 aliphatic heterocycles. The Morgan fingerprint density at radius 2 is 2.43 bits per heavy atom. The first-order chi connectivity index (χ1) is 6.66. The van der Waals surface area contributed by atoms with Crippen LogP contribution in [-0.4, -0.2) is 48.6 Å². The summed E-state index contributed by atoms with van der Waals surface area (Å²) in [4.78, 5) is 2.46. The summed E-state index contributed by atoms with van der Waals surface area (Å²) in [7, 11) is 2.22. The molecule has 3 heteroatoms. The van der Waals surface area contributed by atoms with E-state index in [4.69, 9.17) is 0 Å². The Morgan fingerprint density at radius 3 is 2.93 bits per heavy atom. The maximum absolute atomic E-state index is 4.09. The topological polar surface area (TPSA) is 15.3 Å². The van der Waals surface area contributed by atoms with Crippen molar-refractivity contribution in [2.75, 3.05) is 31.6 Å². The molecule has 0 aromatic carbocycles. The highest BCUT2D eigenvalue weighted by atomic mass is 32.2. The first kappa shape index (κ1) is 12.1. The van der Waals surface area contributed by atoms with Gasteiger partial charge in [0, 0.05) is 30.1 Å². The minimum atomic E-state index is 0.456. The number of hydrogen-bond donors (Lipinski definition) is 1. The van der Waals surface area contributed by atoms with Crippen LogP contribution in [-0.2, 0) is 0 Å². The lowest BCUT2D eigenvalue weighted by Gasteiger charge is -2.38. The molecular formula is C11H22N2S. The van der Waals surface area contributed by atoms with Gasteiger partial charge in [-0.15, -0.1) is 0 Å². The molecule has 2 atom stereocenters. The Labute approximate surface area is 92.1 Å². The summed E-state index contributed by atoms with van der Waals surface area (Å²) >= 11 is 2.06. The summed E-state index contributed by atoms with van der Waals surface area (Å²) in [5.74, 6) is 2.49. The lowest BCUT2D eigenvalue weighted by Crippen LogP contribution is -2.53. The van der Waals surface area contributed by atoms with Crippen molar-refractivity contribution in [2.45, 2.75) is 25.9 Å². The fraction of sp³-hybridized carbons (Fsp3) is 0.818. The second-order valence-electron chi connectivity index (χ2n) is 4.00. The number of hydrogen-bond acceptors (Lipinski definition) is 3. The average Bonchev–Trinajstić information content (AvgIpc) is 2.15. The van der Waals surface area contributed by atoms with E-state index in [1.165, 1.54) is 23.6 Å². The zero-order chi connectivity index (χ0) is 10.6. The molecule has 1 saturated heterocycles. The van der Waals surface area contributed by atoms with Gasteiger partial charge in [0.1, 0.15) is 0 Å². The van der Waals surface area contributed by atoms with Crippen LogP contribution in [0.1, 0.15) is 13.8 Å². The van der Waals surface area contributed by atoms with E-state index >= 15 is 0 Å². The Morgan fingerprint density at radius 1 is 1.71 bits per heavy atom. The van der Waals surface area contributed by atoms with Crippen LogP contribution in [0.25, 0.3) is 0 Å². The molecule has 1 rings (SSSR count). The normalized spacial score (nSPS) is 26.1. The van der Waals surface area contributed by atoms with Crippen LogP contribution in [0.3, 0.4) is 0 Å². The maximum atomic E-state index is 4.09. The third kappa shape index (κ3) is 3.01. The van der Waals surface area contributed by atoms with Crippen LogP contribution in [0, 0.1) is 0 Å². The fourth-order valence-corrected chi connectivity index (χ4v) is 3.19. The van der Waals surface area contributed by atoms with Crippen molar-refractivity contribution < 1.29 is 0 Å². The number of likely N-dealkylation sites (N-methyl/N-ethyl adjacent to an activating group) is 2. The standard InChI is InChI=1S/C11H22N2S/c1-5-12-11(9(2)3)10-8-14-7-6-13(10)4/h10-12H,2,5-8H2,1,3-4H3. The molecule has 0 bridgehead atoms. The smallest absolute Gasteiger partial charge is 0.0439 e. The molecule has 1 fully saturated rings. The number of nitrogens with zero attached hydrogens (tertiary/aromatic N) is 1. The molecule has 0 spiro atoms. The Hall–Kier alpha value is 0.01000. The van der Waals surface area contributed by atoms with Gasteiger partial charge in [0.2, 0.25) is 0 Å². The Bertz CT molecular complexity index is 194. The highest BCUT2D eigenvalue weighted by Gasteiger charge is 2.27. The van der Waals surface area contributed by atoms with Crippen molar-refractivity contribution in [3.8, 4) is 0 Å². The number of nitrogens with one attached hydrogen (secondary N) is 1. The van der Waals surface area contributed by atoms with Crippen molar-refractivity contribution in [3.05, 3.63) is 12.2 Å². The fourth-order valence-electron chi connectivity index (χ4n) is 1.91. The second kappa shape index (κ2) is 5.79. The number of rotatable bonds is 4. The molecule has 0 amide bonds. The van der Waals surface area contributed by atoms with Gasteiger partial charge in [-0.05, 0) is 20.5 Å². The number of thioether (sulfide) groups is 1. The summed E-state index contributed by atoms with van der Waals surface area (Å²) in [5, 5.41) is 3.53. The molecule has 1 heterocycles. The molecule has 0 aromatic heterocycles. The molecule has 2 unspecified atom stereocenters. The summed E-state index contributed by atoms with van der Waals surface area (Å²) in [5.41, 5.74) is 1.26. The zero-order valence-electron chi connectivity index (χ0n) is 9.55. The van der Waals surface area contributed by atoms with Crippen LogP contribution in [0.4, 0.5) is 0 Å². The van der Waals surface area contributed by atoms with E-state index in [1.807, 2.05) is 0 Å². The molecule has 14 heavy (non-hydrogen) atoms. The van der Waals surface area contributed by atoms with Gasteiger partial charge >= 0.3 is 0 Å². The van der Waals surface area contributed by atoms with E-state index in [0.29, 0.717) is 12.1 Å². The average molecular weight is 214 g/mol. The molecule has 0 aromatic rings. The SMILES string of the molecule is C=C(C)C(NCC)C1CSCCN1C. The third-order valence-electron chi connectivity index (χ3n) is 2.78. The van der Waals surface area contributed by atoms with Gasteiger partial charge in [-0.1, -0.05) is 19.1 Å². The van der Waals surface area contributed by atoms with Gasteiger partial charge < -0.3 is 5.32 Å². The van der Waals surface area contributed by atoms with Crippen LogP contribution in [0.2, 0.25) is 0 Å². The lowest BCUT2D eigenvalue weighted by atomic mass is 10.0. The van der Waals surface area contributed by atoms with Gasteiger partial charge in [0.25, 0.3) is 0 Å². The van der Waals surface area contributed by atoms with Gasteiger partial charge in [0.05, 0.1) is 0 Å². The highest BCUT2D eigenvalue weighted by Crippen LogP contribution is 2.20. The molecular weight excluding hydrogens is 192 g/mol. The van der Waals surface area contributed by atoms with E-state index in [9.17, 15) is 0 Å². The molecule has 0 radical (unpaired) electrons. The van der Waals surface area contributed by atoms with Gasteiger partial charge in [-0.25, -0.2) is 0 Å². The third-order valence-corrected chi connectivity index (χ3v) is 3.83. The molecule has 82 valence electrons. The molecule has 1 aliphatic rings. The maximum Gasteiger partial charge on any atom is 0.0439 e. The van der Waals surface area contributed by atoms with Crippen molar-refractivity contribution in [3.63, 3.8) is 0 Å². The van der Waals surface area contributed by atoms with Crippen LogP contribution in [0.15, 0.2) is 12.2 Å². The van der Waals surface area contributed by atoms with Crippen LogP contribution in [0.5, 0.6) is 0 Å². The predicted octanol–water partition coefficient (Wildman–Crippen LogP) is 1.59. The van der Waals surface area contributed by atoms with E-state index in [-0.39, 0.29) is 0 Å². The highest BCUT2D eigenvalue weighted by molar-refractivity contribution is 7.99. The summed E-state index contributed by atoms with van der Waals surface area (Å²) in [6.45, 7) is 10.6. The van der Waals surface area contributed by atoms with Crippen molar-refractivity contribution in [1.29, 1.82) is 0 Å². The van der Waals surface area contributed by atoms with Crippen LogP contribution < -0.4 is 5.32 Å². The van der Waals surface area contributed by atoms with E-state index in [1.54, 1.807) is 0 Å². The summed E-state index contributed by atoms with van der Waals surface area (Å²) in [6, 6.07) is 1.07. The monoisotopic (exact) mass is 214 g/mol. The van der Waals surface area contributed by atoms with E-state index < -0.39 is 0 Å². The summed E-state index contributed by atoms with van der Waals surface area (Å²) < 4.78 is 0. The summed E-state index contributed by atoms with van der Waals surface area (Å²) in [6.07, 6.45) is 0. The quantitative estimate of drug-likeness (QED) is 0.716. The Balaban J connectivity index is 2.60. The zero-order valence-corrected chi connectivity index (χ0v) is 10.4. The molecule has 1 N–H and O–H groups in total. The van der Waals surface area contributed by atoms with Gasteiger partial charge in [-0.2, -0.15) is 11.8 Å². The lowest BCUT2D eigenvalue weighted by molar-refractivity contribution is 0.231. The minimum Gasteiger partial charge on any atom is -0.309 e.